The highest BCUT2D eigenvalue weighted by Gasteiger charge is 2.21. The molecule has 20 heavy (non-hydrogen) atoms. The molecule has 7 heteroatoms. The molecule has 1 fully saturated rings. The van der Waals surface area contributed by atoms with E-state index in [9.17, 15) is 13.2 Å². The number of hydrogen-bond acceptors (Lipinski definition) is 6. The van der Waals surface area contributed by atoms with Crippen molar-refractivity contribution in [3.63, 3.8) is 0 Å². The van der Waals surface area contributed by atoms with Crippen LogP contribution in [0.1, 0.15) is 10.4 Å². The van der Waals surface area contributed by atoms with Crippen molar-refractivity contribution in [1.29, 1.82) is 0 Å². The molecule has 0 unspecified atom stereocenters. The molecule has 2 rings (SSSR count). The van der Waals surface area contributed by atoms with E-state index in [2.05, 4.69) is 10.1 Å². The maximum atomic E-state index is 12.0. The Morgan fingerprint density at radius 3 is 2.50 bits per heavy atom. The lowest BCUT2D eigenvalue weighted by atomic mass is 10.2. The van der Waals surface area contributed by atoms with Gasteiger partial charge < -0.3 is 15.0 Å². The summed E-state index contributed by atoms with van der Waals surface area (Å²) < 4.78 is 28.6. The van der Waals surface area contributed by atoms with Crippen molar-refractivity contribution in [2.45, 2.75) is 4.90 Å². The molecule has 0 spiro atoms. The number of hydrogen-bond donors (Lipinski definition) is 1. The van der Waals surface area contributed by atoms with Gasteiger partial charge in [0.05, 0.1) is 23.3 Å². The average molecular weight is 298 g/mol. The number of esters is 1. The highest BCUT2D eigenvalue weighted by molar-refractivity contribution is 7.90. The molecule has 1 heterocycles. The van der Waals surface area contributed by atoms with Crippen molar-refractivity contribution in [3.05, 3.63) is 23.8 Å². The molecule has 1 aliphatic rings. The second-order valence-electron chi connectivity index (χ2n) is 4.68. The van der Waals surface area contributed by atoms with Gasteiger partial charge in [-0.2, -0.15) is 0 Å². The molecule has 1 saturated heterocycles. The van der Waals surface area contributed by atoms with E-state index in [1.165, 1.54) is 13.2 Å². The standard InChI is InChI=1S/C13H18N2O4S/c1-19-13(16)10-3-4-11(12(9-10)20(2,17)18)15-7-5-14-6-8-15/h3-4,9,14H,5-8H2,1-2H3. The molecule has 6 nitrogen and oxygen atoms in total. The first-order valence-electron chi connectivity index (χ1n) is 6.31. The first-order valence-corrected chi connectivity index (χ1v) is 8.20. The maximum Gasteiger partial charge on any atom is 0.337 e. The van der Waals surface area contributed by atoms with Crippen molar-refractivity contribution in [2.75, 3.05) is 44.4 Å². The normalized spacial score (nSPS) is 16.0. The maximum absolute atomic E-state index is 12.0. The Morgan fingerprint density at radius 2 is 1.95 bits per heavy atom. The smallest absolute Gasteiger partial charge is 0.337 e. The van der Waals surface area contributed by atoms with E-state index in [-0.39, 0.29) is 10.5 Å². The van der Waals surface area contributed by atoms with Crippen molar-refractivity contribution in [1.82, 2.24) is 5.32 Å². The van der Waals surface area contributed by atoms with Crippen LogP contribution >= 0.6 is 0 Å². The van der Waals surface area contributed by atoms with Gasteiger partial charge in [-0.3, -0.25) is 0 Å². The van der Waals surface area contributed by atoms with E-state index in [1.54, 1.807) is 12.1 Å². The largest absolute Gasteiger partial charge is 0.465 e. The molecular weight excluding hydrogens is 280 g/mol. The Labute approximate surface area is 118 Å². The topological polar surface area (TPSA) is 75.7 Å². The number of carbonyl (C=O) groups excluding carboxylic acids is 1. The van der Waals surface area contributed by atoms with Crippen LogP contribution in [0.5, 0.6) is 0 Å². The van der Waals surface area contributed by atoms with Crippen molar-refractivity contribution < 1.29 is 17.9 Å². The van der Waals surface area contributed by atoms with Crippen molar-refractivity contribution >= 4 is 21.5 Å². The molecule has 1 aliphatic heterocycles. The van der Waals surface area contributed by atoms with Gasteiger partial charge in [-0.15, -0.1) is 0 Å². The lowest BCUT2D eigenvalue weighted by Crippen LogP contribution is -2.44. The summed E-state index contributed by atoms with van der Waals surface area (Å²) in [5, 5.41) is 3.22. The van der Waals surface area contributed by atoms with E-state index in [1.807, 2.05) is 4.90 Å². The van der Waals surface area contributed by atoms with Crippen LogP contribution in [0.4, 0.5) is 5.69 Å². The Bertz CT molecular complexity index is 607. The Balaban J connectivity index is 2.48. The van der Waals surface area contributed by atoms with Gasteiger partial charge in [-0.25, -0.2) is 13.2 Å². The van der Waals surface area contributed by atoms with Gasteiger partial charge in [0, 0.05) is 32.4 Å². The molecule has 0 aliphatic carbocycles. The number of benzene rings is 1. The molecule has 0 amide bonds. The third-order valence-corrected chi connectivity index (χ3v) is 4.36. The lowest BCUT2D eigenvalue weighted by Gasteiger charge is -2.30. The van der Waals surface area contributed by atoms with Gasteiger partial charge in [-0.05, 0) is 18.2 Å². The van der Waals surface area contributed by atoms with Gasteiger partial charge in [0.2, 0.25) is 0 Å². The Morgan fingerprint density at radius 1 is 1.30 bits per heavy atom. The summed E-state index contributed by atoms with van der Waals surface area (Å²) in [6.07, 6.45) is 1.15. The molecule has 0 aromatic heterocycles. The van der Waals surface area contributed by atoms with E-state index in [0.717, 1.165) is 32.4 Å². The third kappa shape index (κ3) is 3.10. The van der Waals surface area contributed by atoms with Crippen LogP contribution in [0.2, 0.25) is 0 Å². The fraction of sp³-hybridized carbons (Fsp3) is 0.462. The van der Waals surface area contributed by atoms with Crippen LogP contribution in [0.25, 0.3) is 0 Å². The first-order chi connectivity index (χ1) is 9.43. The number of rotatable bonds is 3. The number of nitrogens with zero attached hydrogens (tertiary/aromatic N) is 1. The zero-order chi connectivity index (χ0) is 14.8. The number of piperazine rings is 1. The van der Waals surface area contributed by atoms with Gasteiger partial charge >= 0.3 is 5.97 Å². The number of sulfone groups is 1. The predicted octanol–water partition coefficient (Wildman–Crippen LogP) is 0.286. The average Bonchev–Trinajstić information content (AvgIpc) is 2.46. The van der Waals surface area contributed by atoms with Crippen LogP contribution in [-0.2, 0) is 14.6 Å². The second kappa shape index (κ2) is 5.80. The summed E-state index contributed by atoms with van der Waals surface area (Å²) in [4.78, 5) is 13.7. The Hall–Kier alpha value is -1.60. The van der Waals surface area contributed by atoms with E-state index >= 15 is 0 Å². The monoisotopic (exact) mass is 298 g/mol. The minimum Gasteiger partial charge on any atom is -0.465 e. The van der Waals surface area contributed by atoms with Gasteiger partial charge in [0.15, 0.2) is 9.84 Å². The first kappa shape index (κ1) is 14.8. The zero-order valence-electron chi connectivity index (χ0n) is 11.5. The number of ether oxygens (including phenoxy) is 1. The molecule has 1 aromatic carbocycles. The fourth-order valence-corrected chi connectivity index (χ4v) is 3.14. The number of anilines is 1. The van der Waals surface area contributed by atoms with Crippen molar-refractivity contribution in [3.8, 4) is 0 Å². The highest BCUT2D eigenvalue weighted by atomic mass is 32.2. The van der Waals surface area contributed by atoms with Crippen LogP contribution in [0, 0.1) is 0 Å². The van der Waals surface area contributed by atoms with Crippen molar-refractivity contribution in [2.24, 2.45) is 0 Å². The van der Waals surface area contributed by atoms with Crippen LogP contribution in [0.15, 0.2) is 23.1 Å². The third-order valence-electron chi connectivity index (χ3n) is 3.24. The highest BCUT2D eigenvalue weighted by Crippen LogP contribution is 2.27. The van der Waals surface area contributed by atoms with E-state index in [4.69, 9.17) is 0 Å². The molecule has 0 radical (unpaired) electrons. The lowest BCUT2D eigenvalue weighted by molar-refractivity contribution is 0.0600. The molecule has 0 atom stereocenters. The Kier molecular flexibility index (Phi) is 4.29. The molecule has 1 aromatic rings. The summed E-state index contributed by atoms with van der Waals surface area (Å²) >= 11 is 0. The van der Waals surface area contributed by atoms with Crippen LogP contribution in [0.3, 0.4) is 0 Å². The quantitative estimate of drug-likeness (QED) is 0.808. The minimum absolute atomic E-state index is 0.169. The van der Waals surface area contributed by atoms with Crippen LogP contribution in [-0.4, -0.2) is 53.9 Å². The molecular formula is C13H18N2O4S. The molecule has 1 N–H and O–H groups in total. The second-order valence-corrected chi connectivity index (χ2v) is 6.67. The summed E-state index contributed by atoms with van der Waals surface area (Å²) in [6, 6.07) is 4.66. The number of carbonyl (C=O) groups is 1. The summed E-state index contributed by atoms with van der Waals surface area (Å²) in [5.74, 6) is -0.540. The van der Waals surface area contributed by atoms with E-state index in [0.29, 0.717) is 5.69 Å². The minimum atomic E-state index is -3.42. The zero-order valence-corrected chi connectivity index (χ0v) is 12.4. The van der Waals surface area contributed by atoms with Gasteiger partial charge in [0.25, 0.3) is 0 Å². The predicted molar refractivity (Wildman–Crippen MR) is 76.0 cm³/mol. The molecule has 0 bridgehead atoms. The summed E-state index contributed by atoms with van der Waals surface area (Å²) in [5.41, 5.74) is 0.883. The fourth-order valence-electron chi connectivity index (χ4n) is 2.22. The van der Waals surface area contributed by atoms with Gasteiger partial charge in [-0.1, -0.05) is 0 Å². The summed E-state index contributed by atoms with van der Waals surface area (Å²) in [7, 11) is -2.15. The molecule has 110 valence electrons. The number of methoxy groups -OCH3 is 1. The number of nitrogens with one attached hydrogen (secondary N) is 1. The van der Waals surface area contributed by atoms with Crippen LogP contribution < -0.4 is 10.2 Å². The molecule has 0 saturated carbocycles. The SMILES string of the molecule is COC(=O)c1ccc(N2CCNCC2)c(S(C)(=O)=O)c1. The van der Waals surface area contributed by atoms with E-state index < -0.39 is 15.8 Å². The van der Waals surface area contributed by atoms with Gasteiger partial charge in [0.1, 0.15) is 0 Å². The summed E-state index contributed by atoms with van der Waals surface area (Å²) in [6.45, 7) is 3.09.